The van der Waals surface area contributed by atoms with E-state index in [0.29, 0.717) is 12.5 Å². The first kappa shape index (κ1) is 40.1. The summed E-state index contributed by atoms with van der Waals surface area (Å²) in [7, 11) is 0. The van der Waals surface area contributed by atoms with Crippen LogP contribution in [0.3, 0.4) is 0 Å². The van der Waals surface area contributed by atoms with Crippen LogP contribution in [-0.4, -0.2) is 31.6 Å². The molecule has 2 atom stereocenters. The third-order valence-electron chi connectivity index (χ3n) is 10.9. The van der Waals surface area contributed by atoms with Crippen LogP contribution in [0.2, 0.25) is 0 Å². The summed E-state index contributed by atoms with van der Waals surface area (Å²) in [6.45, 7) is 9.02. The van der Waals surface area contributed by atoms with Gasteiger partial charge in [0.15, 0.2) is 0 Å². The van der Waals surface area contributed by atoms with Gasteiger partial charge in [0.25, 0.3) is 0 Å². The summed E-state index contributed by atoms with van der Waals surface area (Å²) < 4.78 is 0. The van der Waals surface area contributed by atoms with Gasteiger partial charge in [-0.1, -0.05) is 81.4 Å². The van der Waals surface area contributed by atoms with Gasteiger partial charge in [0.1, 0.15) is 0 Å². The zero-order valence-corrected chi connectivity index (χ0v) is 32.1. The number of fused-ring (bicyclic) bond motifs is 2. The number of rotatable bonds is 21. The molecule has 0 fully saturated rings. The molecule has 51 heavy (non-hydrogen) atoms. The molecule has 0 aliphatic heterocycles. The molecule has 0 bridgehead atoms. The summed E-state index contributed by atoms with van der Waals surface area (Å²) >= 11 is 0. The largest absolute Gasteiger partial charge is 0.404 e. The number of allylic oxidation sites excluding steroid dienone is 15. The Bertz CT molecular complexity index is 1520. The van der Waals surface area contributed by atoms with Gasteiger partial charge in [-0.15, -0.1) is 0 Å². The van der Waals surface area contributed by atoms with Gasteiger partial charge in [0.05, 0.1) is 6.54 Å². The molecule has 0 spiro atoms. The number of nitrogens with one attached hydrogen (secondary N) is 2. The van der Waals surface area contributed by atoms with Crippen molar-refractivity contribution < 1.29 is 0 Å². The van der Waals surface area contributed by atoms with Gasteiger partial charge in [-0.2, -0.15) is 0 Å². The third-order valence-corrected chi connectivity index (χ3v) is 10.9. The van der Waals surface area contributed by atoms with Gasteiger partial charge < -0.3 is 22.2 Å². The number of nitrogens with two attached hydrogens (primary N) is 2. The highest BCUT2D eigenvalue weighted by molar-refractivity contribution is 5.84. The molecule has 4 aliphatic carbocycles. The van der Waals surface area contributed by atoms with E-state index in [9.17, 15) is 0 Å². The van der Waals surface area contributed by atoms with E-state index in [1.807, 2.05) is 0 Å². The van der Waals surface area contributed by atoms with Crippen molar-refractivity contribution in [2.75, 3.05) is 19.6 Å². The molecular weight excluding hydrogens is 623 g/mol. The predicted octanol–water partition coefficient (Wildman–Crippen LogP) is 11.0. The van der Waals surface area contributed by atoms with Crippen molar-refractivity contribution in [1.29, 1.82) is 5.41 Å². The monoisotopic (exact) mass is 690 g/mol. The topological polar surface area (TPSA) is 100 Å². The fourth-order valence-corrected chi connectivity index (χ4v) is 7.74. The van der Waals surface area contributed by atoms with Crippen molar-refractivity contribution in [3.63, 3.8) is 0 Å². The van der Waals surface area contributed by atoms with Crippen LogP contribution in [0.15, 0.2) is 122 Å². The summed E-state index contributed by atoms with van der Waals surface area (Å²) in [5.74, 6) is 0.929. The predicted molar refractivity (Wildman–Crippen MR) is 222 cm³/mol. The van der Waals surface area contributed by atoms with E-state index in [1.165, 1.54) is 76.1 Å². The molecule has 0 saturated carbocycles. The van der Waals surface area contributed by atoms with Crippen LogP contribution in [0, 0.1) is 17.2 Å². The van der Waals surface area contributed by atoms with E-state index in [0.717, 1.165) is 95.7 Å². The maximum absolute atomic E-state index is 7.84. The summed E-state index contributed by atoms with van der Waals surface area (Å²) in [4.78, 5) is 5.22. The van der Waals surface area contributed by atoms with Crippen molar-refractivity contribution in [1.82, 2.24) is 5.32 Å². The molecule has 5 heteroatoms. The minimum absolute atomic E-state index is 0.273. The molecule has 0 saturated heterocycles. The molecule has 4 rings (SSSR count). The quantitative estimate of drug-likeness (QED) is 0.0548. The summed E-state index contributed by atoms with van der Waals surface area (Å²) in [6, 6.07) is 0. The average Bonchev–Trinajstić information content (AvgIpc) is 3.17. The van der Waals surface area contributed by atoms with Crippen molar-refractivity contribution in [3.05, 3.63) is 117 Å². The van der Waals surface area contributed by atoms with Gasteiger partial charge in [0, 0.05) is 24.2 Å². The van der Waals surface area contributed by atoms with Crippen molar-refractivity contribution >= 4 is 11.9 Å². The van der Waals surface area contributed by atoms with Crippen LogP contribution in [0.25, 0.3) is 0 Å². The minimum atomic E-state index is 0.273. The lowest BCUT2D eigenvalue weighted by Gasteiger charge is -2.27. The molecule has 0 radical (unpaired) electrons. The van der Waals surface area contributed by atoms with E-state index in [1.54, 1.807) is 12.4 Å². The number of unbranched alkanes of at least 4 members (excludes halogenated alkanes) is 2. The Labute approximate surface area is 310 Å². The lowest BCUT2D eigenvalue weighted by Crippen LogP contribution is -2.20. The Morgan fingerprint density at radius 3 is 2.67 bits per heavy atom. The smallest absolute Gasteiger partial charge is 0.0608 e. The maximum Gasteiger partial charge on any atom is 0.0608 e. The molecule has 0 aromatic rings. The highest BCUT2D eigenvalue weighted by Crippen LogP contribution is 2.40. The highest BCUT2D eigenvalue weighted by Gasteiger charge is 2.23. The van der Waals surface area contributed by atoms with E-state index in [4.69, 9.17) is 21.9 Å². The molecule has 0 aromatic carbocycles. The first-order valence-electron chi connectivity index (χ1n) is 20.1. The Morgan fingerprint density at radius 2 is 1.88 bits per heavy atom. The van der Waals surface area contributed by atoms with Crippen LogP contribution >= 0.6 is 0 Å². The Balaban J connectivity index is 1.59. The second-order valence-electron chi connectivity index (χ2n) is 14.7. The minimum Gasteiger partial charge on any atom is -0.404 e. The summed E-state index contributed by atoms with van der Waals surface area (Å²) in [5, 5.41) is 11.6. The fourth-order valence-electron chi connectivity index (χ4n) is 7.74. The number of nitrogens with zero attached hydrogens (tertiary/aromatic N) is 1. The molecule has 1 unspecified atom stereocenters. The van der Waals surface area contributed by atoms with E-state index < -0.39 is 0 Å². The van der Waals surface area contributed by atoms with Crippen molar-refractivity contribution in [2.45, 2.75) is 124 Å². The van der Waals surface area contributed by atoms with Crippen molar-refractivity contribution in [2.24, 2.45) is 28.3 Å². The molecule has 0 aromatic heterocycles. The molecule has 0 amide bonds. The van der Waals surface area contributed by atoms with Gasteiger partial charge in [-0.05, 0) is 172 Å². The molecule has 4 aliphatic rings. The van der Waals surface area contributed by atoms with Crippen LogP contribution in [0.4, 0.5) is 0 Å². The van der Waals surface area contributed by atoms with Crippen LogP contribution in [0.5, 0.6) is 0 Å². The summed E-state index contributed by atoms with van der Waals surface area (Å²) in [5.41, 5.74) is 25.6. The SMILES string of the molecule is CCCCC(CCCCN)=NCC1=C2C=CCCC2=C(/C(C)=C/C=C(CNC2=CC[C@H]3CCC=CC3=C2)/C(/C=C\CC(C=N)CCC)=C/N)CC1. The first-order valence-corrected chi connectivity index (χ1v) is 20.1. The van der Waals surface area contributed by atoms with Gasteiger partial charge >= 0.3 is 0 Å². The average molecular weight is 690 g/mol. The Hall–Kier alpha value is -3.70. The second-order valence-corrected chi connectivity index (χ2v) is 14.7. The summed E-state index contributed by atoms with van der Waals surface area (Å²) in [6.07, 6.45) is 44.0. The molecule has 6 N–H and O–H groups in total. The molecular formula is C46H67N5. The normalized spacial score (nSPS) is 20.7. The molecule has 5 nitrogen and oxygen atoms in total. The maximum atomic E-state index is 7.84. The molecule has 276 valence electrons. The van der Waals surface area contributed by atoms with Crippen molar-refractivity contribution in [3.8, 4) is 0 Å². The number of hydrogen-bond donors (Lipinski definition) is 4. The zero-order chi connectivity index (χ0) is 36.3. The zero-order valence-electron chi connectivity index (χ0n) is 32.1. The third kappa shape index (κ3) is 12.5. The Morgan fingerprint density at radius 1 is 1.04 bits per heavy atom. The molecule has 0 heterocycles. The van der Waals surface area contributed by atoms with Gasteiger partial charge in [-0.25, -0.2) is 0 Å². The van der Waals surface area contributed by atoms with Gasteiger partial charge in [-0.3, -0.25) is 4.99 Å². The lowest BCUT2D eigenvalue weighted by atomic mass is 9.78. The van der Waals surface area contributed by atoms with Crippen LogP contribution < -0.4 is 16.8 Å². The van der Waals surface area contributed by atoms with Crippen LogP contribution in [-0.2, 0) is 0 Å². The second kappa shape index (κ2) is 22.3. The first-order chi connectivity index (χ1) is 25.0. The lowest BCUT2D eigenvalue weighted by molar-refractivity contribution is 0.559. The number of hydrogen-bond acceptors (Lipinski definition) is 5. The Kier molecular flexibility index (Phi) is 17.5. The van der Waals surface area contributed by atoms with Crippen LogP contribution in [0.1, 0.15) is 124 Å². The highest BCUT2D eigenvalue weighted by atomic mass is 14.9. The van der Waals surface area contributed by atoms with E-state index >= 15 is 0 Å². The van der Waals surface area contributed by atoms with E-state index in [-0.39, 0.29) is 5.92 Å². The van der Waals surface area contributed by atoms with Gasteiger partial charge in [0.2, 0.25) is 0 Å². The fraction of sp³-hybridized carbons (Fsp3) is 0.522. The van der Waals surface area contributed by atoms with E-state index in [2.05, 4.69) is 86.8 Å². The standard InChI is InChI=1S/C46H67N5/c1-4-6-19-42(20-11-12-29-47)50-34-41-26-28-44(46-22-10-9-21-45(41)46)35(3)23-24-40(39(32-49)18-13-15-36(31-48)14-5-2)33-51-43-27-25-37-16-7-8-17-38(37)30-43/h8-9,13,17-18,21,23-24,27,30-32,36-37,48,51H,4-7,10-12,14-16,19-20,22,25-26,28-29,33-34,47,49H2,1-3H3/b18-13-,35-23+,39-32+,40-24+,48-31?,50-42?/t36?,37-/m1/s1. The number of aliphatic imine (C=N–C) groups is 1.